The number of nitrogens with zero attached hydrogens (tertiary/aromatic N) is 4. The fourth-order valence-corrected chi connectivity index (χ4v) is 11.6. The summed E-state index contributed by atoms with van der Waals surface area (Å²) in [6.45, 7) is 65.7. The maximum absolute atomic E-state index is 12.2. The Balaban J connectivity index is 0.000000662. The lowest BCUT2D eigenvalue weighted by molar-refractivity contribution is -0.158. The van der Waals surface area contributed by atoms with Crippen LogP contribution in [-0.2, 0) is 38.1 Å². The third-order valence-corrected chi connectivity index (χ3v) is 17.0. The van der Waals surface area contributed by atoms with Gasteiger partial charge in [-0.15, -0.1) is 0 Å². The minimum atomic E-state index is -0.490. The summed E-state index contributed by atoms with van der Waals surface area (Å²) in [4.78, 5) is 56.9. The van der Waals surface area contributed by atoms with Crippen molar-refractivity contribution in [3.63, 3.8) is 0 Å². The van der Waals surface area contributed by atoms with Crippen LogP contribution in [0.25, 0.3) is 0 Å². The van der Waals surface area contributed by atoms with E-state index in [0.29, 0.717) is 26.2 Å². The van der Waals surface area contributed by atoms with Gasteiger partial charge in [-0.2, -0.15) is 0 Å². The van der Waals surface area contributed by atoms with Crippen LogP contribution in [-0.4, -0.2) is 367 Å². The number of rotatable bonds is 8. The lowest BCUT2D eigenvalue weighted by atomic mass is 10.1. The molecule has 6 rings (SSSR count). The predicted molar refractivity (Wildman–Crippen MR) is 443 cm³/mol. The molecule has 0 amide bonds. The predicted octanol–water partition coefficient (Wildman–Crippen LogP) is 0.279. The molecule has 0 aromatic rings. The fraction of sp³-hybridized carbons (Fsp3) is 0.949. The van der Waals surface area contributed by atoms with Gasteiger partial charge >= 0.3 is 23.9 Å². The van der Waals surface area contributed by atoms with Crippen LogP contribution in [0.2, 0.25) is 0 Å². The van der Waals surface area contributed by atoms with Crippen molar-refractivity contribution in [2.24, 2.45) is 0 Å². The van der Waals surface area contributed by atoms with Crippen LogP contribution in [0.5, 0.6) is 0 Å². The number of hydrogen-bond acceptors (Lipinski definition) is 29. The minimum absolute atomic E-state index is 0.217. The summed E-state index contributed by atoms with van der Waals surface area (Å²) in [5.74, 6) is -0.879. The fourth-order valence-electron chi connectivity index (χ4n) is 11.6. The molecule has 0 aliphatic carbocycles. The van der Waals surface area contributed by atoms with Crippen molar-refractivity contribution in [3.8, 4) is 0 Å². The van der Waals surface area contributed by atoms with Crippen LogP contribution < -0.4 is 90.4 Å². The van der Waals surface area contributed by atoms with Gasteiger partial charge < -0.3 is 109 Å². The van der Waals surface area contributed by atoms with Crippen molar-refractivity contribution in [3.05, 3.63) is 0 Å². The summed E-state index contributed by atoms with van der Waals surface area (Å²) in [5.41, 5.74) is -1.93. The van der Waals surface area contributed by atoms with E-state index in [-0.39, 0.29) is 50.1 Å². The van der Waals surface area contributed by atoms with Crippen molar-refractivity contribution in [2.45, 2.75) is 183 Å². The van der Waals surface area contributed by atoms with Crippen molar-refractivity contribution in [1.29, 1.82) is 0 Å². The summed E-state index contributed by atoms with van der Waals surface area (Å²) in [7, 11) is 0. The lowest BCUT2D eigenvalue weighted by Gasteiger charge is -2.29. The van der Waals surface area contributed by atoms with Crippen LogP contribution in [0.15, 0.2) is 0 Å². The summed E-state index contributed by atoms with van der Waals surface area (Å²) in [5, 5.41) is 58.1. The molecule has 0 spiro atoms. The van der Waals surface area contributed by atoms with Crippen molar-refractivity contribution < 1.29 is 38.1 Å². The van der Waals surface area contributed by atoms with Gasteiger partial charge in [0.15, 0.2) is 0 Å². The molecule has 0 bridgehead atoms. The molecule has 0 saturated carbocycles. The number of esters is 4. The van der Waals surface area contributed by atoms with E-state index >= 15 is 0 Å². The summed E-state index contributed by atoms with van der Waals surface area (Å²) < 4.78 is 21.7. The van der Waals surface area contributed by atoms with Gasteiger partial charge in [0.05, 0.1) is 26.2 Å². The maximum Gasteiger partial charge on any atom is 0.320 e. The van der Waals surface area contributed by atoms with Crippen LogP contribution in [0.3, 0.4) is 0 Å². The van der Waals surface area contributed by atoms with Gasteiger partial charge in [0.1, 0.15) is 22.4 Å². The SMILES string of the molecule is C1CCCNCCCNCCC1.C1CNCCCNCCNCCCNC1.C1CNCCNCCCNCCNC1.C1CNCCNCCNCCNC1.CC(C)(C)OC(=O)CN1CCNCCN(CC(=O)OC(C)(C)C)CC1.CC(C)(C)OC(=O)CN1CCNCCNCCN(CC(=O)OC(C)(C)C)CC1. The lowest BCUT2D eigenvalue weighted by Crippen LogP contribution is -2.47. The molecule has 107 heavy (non-hydrogen) atoms. The molecular weight excluding hydrogens is 1360 g/mol. The number of nitrogens with one attached hydrogen (secondary N) is 17. The van der Waals surface area contributed by atoms with Gasteiger partial charge in [0.25, 0.3) is 0 Å². The molecule has 0 aromatic heterocycles. The van der Waals surface area contributed by atoms with E-state index in [9.17, 15) is 19.2 Å². The Morgan fingerprint density at radius 1 is 0.187 bits per heavy atom. The standard InChI is InChI=1S/C20H40N4O4.C18H35N3O4.C11H26N4.C10H24N4.C10H22N2.C9H22N4/c1-19(2,3)27-17(25)15-23-11-9-21-7-8-22-10-12-24(14-13-23)16-18(26)28-20(4,5)6;1-17(2,3)24-15(22)13-20-9-7-19-8-10-21(12-11-20)14-16(23)25-18(4,5)6;1-4-12-6-2-8-14-10-11-15-9-3-7-13-5-1;1-3-11-7-9-13-5-2-6-14-10-8-12-4-1;1-2-4-7-11-9-6-10-12-8-5-3-1;1-2-10-4-6-12-8-9-13-7-5-11-3-1/h21-22H,7-16H2,1-6H3;19H,7-14H2,1-6H3;12-15H,1-11H2;11-14H,1-10H2;11-12H,1-10H2;10-13H,1-9H2. The van der Waals surface area contributed by atoms with Gasteiger partial charge in [-0.3, -0.25) is 38.8 Å². The second-order valence-electron chi connectivity index (χ2n) is 32.4. The normalized spacial score (nSPS) is 21.6. The third-order valence-electron chi connectivity index (χ3n) is 17.0. The van der Waals surface area contributed by atoms with E-state index in [1.807, 2.05) is 83.1 Å². The summed E-state index contributed by atoms with van der Waals surface area (Å²) in [6.07, 6.45) is 15.6. The van der Waals surface area contributed by atoms with Crippen molar-refractivity contribution in [1.82, 2.24) is 110 Å². The molecule has 0 radical (unpaired) electrons. The second kappa shape index (κ2) is 69.7. The van der Waals surface area contributed by atoms with Gasteiger partial charge in [-0.05, 0) is 246 Å². The van der Waals surface area contributed by atoms with Crippen LogP contribution >= 0.6 is 0 Å². The van der Waals surface area contributed by atoms with Crippen LogP contribution in [0.1, 0.15) is 160 Å². The highest BCUT2D eigenvalue weighted by Crippen LogP contribution is 2.12. The number of hydrogen-bond donors (Lipinski definition) is 17. The molecule has 6 heterocycles. The third kappa shape index (κ3) is 78.1. The molecule has 17 N–H and O–H groups in total. The quantitative estimate of drug-likeness (QED) is 0.115. The number of ether oxygens (including phenoxy) is 4. The zero-order valence-electron chi connectivity index (χ0n) is 70.6. The Bertz CT molecular complexity index is 1750. The largest absolute Gasteiger partial charge is 0.459 e. The Morgan fingerprint density at radius 3 is 0.495 bits per heavy atom. The van der Waals surface area contributed by atoms with Gasteiger partial charge in [0, 0.05) is 170 Å². The Kier molecular flexibility index (Phi) is 66.5. The Morgan fingerprint density at radius 2 is 0.318 bits per heavy atom. The van der Waals surface area contributed by atoms with Crippen LogP contribution in [0.4, 0.5) is 0 Å². The smallest absolute Gasteiger partial charge is 0.320 e. The molecule has 6 saturated heterocycles. The molecule has 0 unspecified atom stereocenters. The number of carbonyl (C=O) groups excluding carboxylic acids is 4. The maximum atomic E-state index is 12.2. The molecule has 29 heteroatoms. The first-order chi connectivity index (χ1) is 51.4. The van der Waals surface area contributed by atoms with Crippen LogP contribution in [0, 0.1) is 0 Å². The molecule has 6 fully saturated rings. The van der Waals surface area contributed by atoms with Gasteiger partial charge in [-0.1, -0.05) is 19.3 Å². The molecule has 634 valence electrons. The summed E-state index contributed by atoms with van der Waals surface area (Å²) in [6, 6.07) is 0. The zero-order chi connectivity index (χ0) is 78.5. The van der Waals surface area contributed by atoms with E-state index < -0.39 is 22.4 Å². The first-order valence-electron chi connectivity index (χ1n) is 42.2. The van der Waals surface area contributed by atoms with Crippen molar-refractivity contribution in [2.75, 3.05) is 301 Å². The molecule has 6 aliphatic heterocycles. The Labute approximate surface area is 652 Å². The highest BCUT2D eigenvalue weighted by molar-refractivity contribution is 5.73. The van der Waals surface area contributed by atoms with E-state index in [1.165, 1.54) is 103 Å². The average molecular weight is 1530 g/mol. The van der Waals surface area contributed by atoms with E-state index in [4.69, 9.17) is 18.9 Å². The highest BCUT2D eigenvalue weighted by Gasteiger charge is 2.25. The Hall–Kier alpha value is -2.96. The zero-order valence-corrected chi connectivity index (χ0v) is 70.6. The monoisotopic (exact) mass is 1530 g/mol. The molecule has 0 atom stereocenters. The first kappa shape index (κ1) is 102. The molecule has 0 aromatic carbocycles. The first-order valence-corrected chi connectivity index (χ1v) is 42.2. The second-order valence-corrected chi connectivity index (χ2v) is 32.4. The summed E-state index contributed by atoms with van der Waals surface area (Å²) >= 11 is 0. The van der Waals surface area contributed by atoms with Gasteiger partial charge in [-0.25, -0.2) is 0 Å². The van der Waals surface area contributed by atoms with Crippen molar-refractivity contribution >= 4 is 23.9 Å². The molecular formula is C78H169N21O8. The minimum Gasteiger partial charge on any atom is -0.459 e. The van der Waals surface area contributed by atoms with E-state index in [2.05, 4.69) is 110 Å². The topological polar surface area (TPSA) is 323 Å². The van der Waals surface area contributed by atoms with Gasteiger partial charge in [0.2, 0.25) is 0 Å². The van der Waals surface area contributed by atoms with E-state index in [1.54, 1.807) is 0 Å². The average Bonchev–Trinajstić information content (AvgIpc) is 1.71. The molecule has 29 nitrogen and oxygen atoms in total. The number of carbonyl (C=O) groups is 4. The molecule has 6 aliphatic rings. The van der Waals surface area contributed by atoms with E-state index in [0.717, 1.165) is 223 Å². The highest BCUT2D eigenvalue weighted by atomic mass is 16.6.